The van der Waals surface area contributed by atoms with Gasteiger partial charge in [0.25, 0.3) is 0 Å². The third kappa shape index (κ3) is 3.22. The second-order valence-corrected chi connectivity index (χ2v) is 8.29. The molecule has 5 rings (SSSR count). The van der Waals surface area contributed by atoms with Crippen LogP contribution in [0.4, 0.5) is 5.69 Å². The van der Waals surface area contributed by atoms with Gasteiger partial charge >= 0.3 is 0 Å². The van der Waals surface area contributed by atoms with Crippen LogP contribution in [0, 0.1) is 0 Å². The van der Waals surface area contributed by atoms with E-state index in [0.717, 1.165) is 36.5 Å². The number of hydrogen-bond acceptors (Lipinski definition) is 5. The number of aryl methyl sites for hydroxylation is 1. The van der Waals surface area contributed by atoms with Gasteiger partial charge < -0.3 is 5.32 Å². The molecule has 1 N–H and O–H groups in total. The highest BCUT2D eigenvalue weighted by Gasteiger charge is 2.33. The topological polar surface area (TPSA) is 57.1 Å². The van der Waals surface area contributed by atoms with Crippen molar-refractivity contribution in [1.29, 1.82) is 0 Å². The summed E-state index contributed by atoms with van der Waals surface area (Å²) in [5, 5.41) is 10.5. The van der Waals surface area contributed by atoms with Crippen LogP contribution in [0.3, 0.4) is 0 Å². The Hall–Kier alpha value is -2.60. The number of carbonyl (C=O) groups is 1. The van der Waals surface area contributed by atoms with E-state index < -0.39 is 0 Å². The second kappa shape index (κ2) is 7.43. The minimum Gasteiger partial charge on any atom is -0.349 e. The van der Waals surface area contributed by atoms with Crippen LogP contribution >= 0.6 is 11.8 Å². The first-order chi connectivity index (χ1) is 13.8. The van der Waals surface area contributed by atoms with E-state index in [1.165, 1.54) is 28.5 Å². The largest absolute Gasteiger partial charge is 0.349 e. The number of carbonyl (C=O) groups excluding carboxylic acids is 1. The first-order valence-corrected chi connectivity index (χ1v) is 10.8. The molecule has 2 aromatic rings. The monoisotopic (exact) mass is 390 g/mol. The molecule has 0 unspecified atom stereocenters. The Kier molecular flexibility index (Phi) is 4.64. The van der Waals surface area contributed by atoms with Gasteiger partial charge in [-0.15, -0.1) is 0 Å². The number of hydrogen-bond donors (Lipinski definition) is 1. The normalized spacial score (nSPS) is 22.1. The number of rotatable bonds is 3. The van der Waals surface area contributed by atoms with E-state index in [-0.39, 0.29) is 18.0 Å². The van der Waals surface area contributed by atoms with Crippen LogP contribution in [-0.2, 0) is 11.2 Å². The van der Waals surface area contributed by atoms with Crippen molar-refractivity contribution in [2.75, 3.05) is 5.75 Å². The number of fused-ring (bicyclic) bond motifs is 4. The lowest BCUT2D eigenvalue weighted by Gasteiger charge is -2.30. The lowest BCUT2D eigenvalue weighted by Crippen LogP contribution is -2.34. The van der Waals surface area contributed by atoms with Crippen LogP contribution in [0.1, 0.15) is 48.0 Å². The van der Waals surface area contributed by atoms with Crippen molar-refractivity contribution in [3.8, 4) is 0 Å². The zero-order valence-corrected chi connectivity index (χ0v) is 16.4. The standard InChI is InChI=1S/C22H22N4OS/c27-21(24-18-11-5-7-15-6-1-2-8-16(15)18)14-28-22-25-19-10-4-3-9-17(19)20-12-13-23-26(20)22/h1-4,6,8-10,13,18,20H,5,7,11-12,14H2,(H,24,27)/t18-,20-/m0/s1. The minimum atomic E-state index is 0.0491. The summed E-state index contributed by atoms with van der Waals surface area (Å²) in [7, 11) is 0. The lowest BCUT2D eigenvalue weighted by atomic mass is 9.88. The number of nitrogens with zero attached hydrogens (tertiary/aromatic N) is 3. The molecule has 3 aliphatic rings. The first kappa shape index (κ1) is 17.5. The summed E-state index contributed by atoms with van der Waals surface area (Å²) in [5.74, 6) is 0.395. The molecular weight excluding hydrogens is 368 g/mol. The lowest BCUT2D eigenvalue weighted by molar-refractivity contribution is -0.119. The Morgan fingerprint density at radius 1 is 1.14 bits per heavy atom. The molecule has 2 atom stereocenters. The van der Waals surface area contributed by atoms with Gasteiger partial charge in [0.2, 0.25) is 5.91 Å². The van der Waals surface area contributed by atoms with Gasteiger partial charge in [-0.2, -0.15) is 5.10 Å². The number of benzene rings is 2. The van der Waals surface area contributed by atoms with Crippen LogP contribution < -0.4 is 5.32 Å². The predicted molar refractivity (Wildman–Crippen MR) is 114 cm³/mol. The summed E-state index contributed by atoms with van der Waals surface area (Å²) in [4.78, 5) is 17.4. The fourth-order valence-corrected chi connectivity index (χ4v) is 5.06. The molecule has 2 aliphatic heterocycles. The van der Waals surface area contributed by atoms with Gasteiger partial charge in [0.05, 0.1) is 23.5 Å². The van der Waals surface area contributed by atoms with Crippen molar-refractivity contribution in [1.82, 2.24) is 10.3 Å². The SMILES string of the molecule is O=C(CSC1=Nc2ccccc2[C@@H]2CC=NN12)N[C@H]1CCCc2ccccc21. The Labute approximate surface area is 168 Å². The van der Waals surface area contributed by atoms with Gasteiger partial charge in [-0.3, -0.25) is 4.79 Å². The van der Waals surface area contributed by atoms with Gasteiger partial charge in [0, 0.05) is 18.2 Å². The number of para-hydroxylation sites is 1. The van der Waals surface area contributed by atoms with Crippen molar-refractivity contribution in [3.05, 3.63) is 65.2 Å². The number of amidine groups is 1. The maximum absolute atomic E-state index is 12.7. The molecule has 6 heteroatoms. The van der Waals surface area contributed by atoms with E-state index in [0.29, 0.717) is 5.75 Å². The Bertz CT molecular complexity index is 971. The zero-order chi connectivity index (χ0) is 18.9. The molecule has 0 radical (unpaired) electrons. The fraction of sp³-hybridized carbons (Fsp3) is 0.318. The maximum Gasteiger partial charge on any atom is 0.230 e. The molecular formula is C22H22N4OS. The second-order valence-electron chi connectivity index (χ2n) is 7.35. The van der Waals surface area contributed by atoms with Crippen LogP contribution in [0.2, 0.25) is 0 Å². The molecule has 2 aromatic carbocycles. The van der Waals surface area contributed by atoms with E-state index >= 15 is 0 Å². The number of aliphatic imine (C=N–C) groups is 1. The summed E-state index contributed by atoms with van der Waals surface area (Å²) in [5.41, 5.74) is 4.81. The van der Waals surface area contributed by atoms with Crippen LogP contribution in [0.25, 0.3) is 0 Å². The molecule has 1 aliphatic carbocycles. The number of thioether (sulfide) groups is 1. The van der Waals surface area contributed by atoms with Crippen molar-refractivity contribution < 1.29 is 4.79 Å². The molecule has 2 heterocycles. The summed E-state index contributed by atoms with van der Waals surface area (Å²) < 4.78 is 0. The van der Waals surface area contributed by atoms with E-state index in [2.05, 4.69) is 40.8 Å². The molecule has 0 bridgehead atoms. The van der Waals surface area contributed by atoms with Gasteiger partial charge in [-0.1, -0.05) is 54.2 Å². The average molecular weight is 391 g/mol. The summed E-state index contributed by atoms with van der Waals surface area (Å²) in [6.45, 7) is 0. The van der Waals surface area contributed by atoms with E-state index in [9.17, 15) is 4.79 Å². The molecule has 0 aromatic heterocycles. The molecule has 0 saturated carbocycles. The van der Waals surface area contributed by atoms with Gasteiger partial charge in [-0.05, 0) is 36.5 Å². The highest BCUT2D eigenvalue weighted by molar-refractivity contribution is 8.14. The van der Waals surface area contributed by atoms with E-state index in [4.69, 9.17) is 4.99 Å². The molecule has 5 nitrogen and oxygen atoms in total. The van der Waals surface area contributed by atoms with Crippen LogP contribution in [0.5, 0.6) is 0 Å². The molecule has 0 spiro atoms. The predicted octanol–water partition coefficient (Wildman–Crippen LogP) is 4.35. The highest BCUT2D eigenvalue weighted by Crippen LogP contribution is 2.40. The molecule has 1 amide bonds. The van der Waals surface area contributed by atoms with E-state index in [1.54, 1.807) is 0 Å². The maximum atomic E-state index is 12.7. The first-order valence-electron chi connectivity index (χ1n) is 9.79. The smallest absolute Gasteiger partial charge is 0.230 e. The Morgan fingerprint density at radius 2 is 1.96 bits per heavy atom. The Morgan fingerprint density at radius 3 is 2.89 bits per heavy atom. The van der Waals surface area contributed by atoms with Crippen LogP contribution in [0.15, 0.2) is 58.6 Å². The number of hydrazone groups is 1. The molecule has 0 fully saturated rings. The summed E-state index contributed by atoms with van der Waals surface area (Å²) in [6.07, 6.45) is 6.02. The third-order valence-corrected chi connectivity index (χ3v) is 6.52. The third-order valence-electron chi connectivity index (χ3n) is 5.57. The van der Waals surface area contributed by atoms with Gasteiger partial charge in [0.1, 0.15) is 0 Å². The zero-order valence-electron chi connectivity index (χ0n) is 15.5. The highest BCUT2D eigenvalue weighted by atomic mass is 32.2. The quantitative estimate of drug-likeness (QED) is 0.848. The number of nitrogens with one attached hydrogen (secondary N) is 1. The molecule has 142 valence electrons. The van der Waals surface area contributed by atoms with Crippen molar-refractivity contribution in [3.63, 3.8) is 0 Å². The minimum absolute atomic E-state index is 0.0491. The summed E-state index contributed by atoms with van der Waals surface area (Å²) >= 11 is 1.47. The van der Waals surface area contributed by atoms with Crippen LogP contribution in [-0.4, -0.2) is 28.1 Å². The van der Waals surface area contributed by atoms with E-state index in [1.807, 2.05) is 29.4 Å². The number of amides is 1. The van der Waals surface area contributed by atoms with Gasteiger partial charge in [0.15, 0.2) is 5.17 Å². The fourth-order valence-electron chi connectivity index (χ4n) is 4.25. The average Bonchev–Trinajstić information content (AvgIpc) is 3.23. The summed E-state index contributed by atoms with van der Waals surface area (Å²) in [6, 6.07) is 16.9. The van der Waals surface area contributed by atoms with Gasteiger partial charge in [-0.25, -0.2) is 10.0 Å². The molecule has 0 saturated heterocycles. The van der Waals surface area contributed by atoms with Crippen molar-refractivity contribution >= 4 is 34.7 Å². The molecule has 28 heavy (non-hydrogen) atoms. The van der Waals surface area contributed by atoms with Crippen molar-refractivity contribution in [2.24, 2.45) is 10.1 Å². The Balaban J connectivity index is 1.27. The van der Waals surface area contributed by atoms with Crippen molar-refractivity contribution in [2.45, 2.75) is 37.8 Å².